The number of halogens is 1. The molecule has 0 bridgehead atoms. The van der Waals surface area contributed by atoms with Crippen LogP contribution in [0.5, 0.6) is 0 Å². The van der Waals surface area contributed by atoms with Gasteiger partial charge in [0.05, 0.1) is 10.4 Å². The molecule has 1 aromatic carbocycles. The summed E-state index contributed by atoms with van der Waals surface area (Å²) in [6, 6.07) is 7.53. The van der Waals surface area contributed by atoms with Crippen LogP contribution in [0, 0.1) is 5.92 Å². The van der Waals surface area contributed by atoms with Gasteiger partial charge in [-0.2, -0.15) is 4.98 Å². The summed E-state index contributed by atoms with van der Waals surface area (Å²) < 4.78 is 5.54. The third-order valence-corrected chi connectivity index (χ3v) is 4.95. The van der Waals surface area contributed by atoms with Crippen LogP contribution in [-0.4, -0.2) is 16.7 Å². The van der Waals surface area contributed by atoms with Gasteiger partial charge in [-0.3, -0.25) is 0 Å². The number of rotatable bonds is 3. The van der Waals surface area contributed by atoms with Crippen molar-refractivity contribution in [2.24, 2.45) is 11.7 Å². The van der Waals surface area contributed by atoms with E-state index >= 15 is 0 Å². The standard InChI is InChI=1S/C16H20ClN3O/c1-11-6-8-16(10-18,9-7-11)15-19-14(20-21-15)12-4-2-3-5-13(12)17/h2-5,11H,6-10,18H2,1H3. The average molecular weight is 306 g/mol. The molecule has 1 saturated carbocycles. The molecule has 1 aliphatic rings. The number of aromatic nitrogens is 2. The van der Waals surface area contributed by atoms with Crippen LogP contribution in [-0.2, 0) is 5.41 Å². The quantitative estimate of drug-likeness (QED) is 0.936. The fourth-order valence-corrected chi connectivity index (χ4v) is 3.23. The molecule has 4 nitrogen and oxygen atoms in total. The second kappa shape index (κ2) is 5.78. The van der Waals surface area contributed by atoms with E-state index in [9.17, 15) is 0 Å². The predicted octanol–water partition coefficient (Wildman–Crippen LogP) is 3.80. The highest BCUT2D eigenvalue weighted by molar-refractivity contribution is 6.33. The molecule has 112 valence electrons. The molecule has 0 atom stereocenters. The molecular formula is C16H20ClN3O. The summed E-state index contributed by atoms with van der Waals surface area (Å²) >= 11 is 6.20. The second-order valence-corrected chi connectivity index (χ2v) is 6.48. The molecule has 1 fully saturated rings. The van der Waals surface area contributed by atoms with Crippen LogP contribution in [0.4, 0.5) is 0 Å². The molecule has 5 heteroatoms. The molecule has 21 heavy (non-hydrogen) atoms. The van der Waals surface area contributed by atoms with E-state index < -0.39 is 0 Å². The second-order valence-electron chi connectivity index (χ2n) is 6.07. The van der Waals surface area contributed by atoms with Crippen molar-refractivity contribution in [3.8, 4) is 11.4 Å². The van der Waals surface area contributed by atoms with Crippen molar-refractivity contribution in [3.63, 3.8) is 0 Å². The Morgan fingerprint density at radius 2 is 2.05 bits per heavy atom. The molecule has 1 aliphatic carbocycles. The zero-order valence-electron chi connectivity index (χ0n) is 12.2. The first-order chi connectivity index (χ1) is 10.1. The van der Waals surface area contributed by atoms with Crippen LogP contribution in [0.2, 0.25) is 5.02 Å². The van der Waals surface area contributed by atoms with E-state index in [2.05, 4.69) is 17.1 Å². The van der Waals surface area contributed by atoms with Crippen molar-refractivity contribution in [2.45, 2.75) is 38.0 Å². The number of hydrogen-bond donors (Lipinski definition) is 1. The van der Waals surface area contributed by atoms with E-state index in [1.54, 1.807) is 0 Å². The Bertz CT molecular complexity index is 617. The molecule has 0 spiro atoms. The van der Waals surface area contributed by atoms with Gasteiger partial charge in [0.2, 0.25) is 11.7 Å². The summed E-state index contributed by atoms with van der Waals surface area (Å²) in [5.74, 6) is 1.95. The maximum absolute atomic E-state index is 6.20. The fraction of sp³-hybridized carbons (Fsp3) is 0.500. The minimum atomic E-state index is -0.168. The maximum Gasteiger partial charge on any atom is 0.234 e. The van der Waals surface area contributed by atoms with Crippen molar-refractivity contribution >= 4 is 11.6 Å². The van der Waals surface area contributed by atoms with Crippen LogP contribution in [0.1, 0.15) is 38.5 Å². The SMILES string of the molecule is CC1CCC(CN)(c2nc(-c3ccccc3Cl)no2)CC1. The van der Waals surface area contributed by atoms with Gasteiger partial charge in [0, 0.05) is 12.1 Å². The Morgan fingerprint density at radius 1 is 1.33 bits per heavy atom. The third kappa shape index (κ3) is 2.70. The zero-order valence-corrected chi connectivity index (χ0v) is 12.9. The zero-order chi connectivity index (χ0) is 14.9. The molecule has 1 aromatic heterocycles. The molecule has 0 aliphatic heterocycles. The van der Waals surface area contributed by atoms with Crippen molar-refractivity contribution < 1.29 is 4.52 Å². The molecule has 0 unspecified atom stereocenters. The minimum Gasteiger partial charge on any atom is -0.338 e. The van der Waals surface area contributed by atoms with Crippen LogP contribution in [0.25, 0.3) is 11.4 Å². The van der Waals surface area contributed by atoms with Crippen molar-refractivity contribution in [2.75, 3.05) is 6.54 Å². The van der Waals surface area contributed by atoms with Gasteiger partial charge in [0.1, 0.15) is 0 Å². The largest absolute Gasteiger partial charge is 0.338 e. The molecule has 0 radical (unpaired) electrons. The normalized spacial score (nSPS) is 26.0. The Balaban J connectivity index is 1.92. The number of hydrogen-bond acceptors (Lipinski definition) is 4. The van der Waals surface area contributed by atoms with Gasteiger partial charge in [-0.25, -0.2) is 0 Å². The number of nitrogens with two attached hydrogens (primary N) is 1. The van der Waals surface area contributed by atoms with Gasteiger partial charge < -0.3 is 10.3 Å². The van der Waals surface area contributed by atoms with E-state index in [1.807, 2.05) is 24.3 Å². The van der Waals surface area contributed by atoms with Crippen molar-refractivity contribution in [1.29, 1.82) is 0 Å². The maximum atomic E-state index is 6.20. The fourth-order valence-electron chi connectivity index (χ4n) is 3.01. The highest BCUT2D eigenvalue weighted by Crippen LogP contribution is 2.40. The summed E-state index contributed by atoms with van der Waals surface area (Å²) in [4.78, 5) is 4.59. The highest BCUT2D eigenvalue weighted by atomic mass is 35.5. The number of benzene rings is 1. The summed E-state index contributed by atoms with van der Waals surface area (Å²) in [5, 5.41) is 4.74. The first kappa shape index (κ1) is 14.5. The lowest BCUT2D eigenvalue weighted by molar-refractivity contribution is 0.191. The molecule has 0 saturated heterocycles. The van der Waals surface area contributed by atoms with Crippen molar-refractivity contribution in [1.82, 2.24) is 10.1 Å². The van der Waals surface area contributed by atoms with Gasteiger partial charge in [-0.05, 0) is 43.7 Å². The summed E-state index contributed by atoms with van der Waals surface area (Å²) in [7, 11) is 0. The lowest BCUT2D eigenvalue weighted by atomic mass is 9.71. The first-order valence-corrected chi connectivity index (χ1v) is 7.81. The van der Waals surface area contributed by atoms with Gasteiger partial charge in [-0.1, -0.05) is 35.8 Å². The molecule has 2 aromatic rings. The first-order valence-electron chi connectivity index (χ1n) is 7.44. The smallest absolute Gasteiger partial charge is 0.234 e. The Morgan fingerprint density at radius 3 is 2.71 bits per heavy atom. The van der Waals surface area contributed by atoms with Crippen molar-refractivity contribution in [3.05, 3.63) is 35.2 Å². The topological polar surface area (TPSA) is 64.9 Å². The summed E-state index contributed by atoms with van der Waals surface area (Å²) in [6.45, 7) is 2.83. The lowest BCUT2D eigenvalue weighted by Crippen LogP contribution is -2.39. The lowest BCUT2D eigenvalue weighted by Gasteiger charge is -2.35. The van der Waals surface area contributed by atoms with Crippen LogP contribution in [0.3, 0.4) is 0 Å². The van der Waals surface area contributed by atoms with E-state index in [1.165, 1.54) is 0 Å². The predicted molar refractivity (Wildman–Crippen MR) is 83.1 cm³/mol. The molecule has 3 rings (SSSR count). The summed E-state index contributed by atoms with van der Waals surface area (Å²) in [6.07, 6.45) is 4.33. The van der Waals surface area contributed by atoms with Crippen LogP contribution >= 0.6 is 11.6 Å². The highest BCUT2D eigenvalue weighted by Gasteiger charge is 2.39. The van der Waals surface area contributed by atoms with Crippen LogP contribution < -0.4 is 5.73 Å². The van der Waals surface area contributed by atoms with Crippen LogP contribution in [0.15, 0.2) is 28.8 Å². The Kier molecular flexibility index (Phi) is 4.00. The van der Waals surface area contributed by atoms with Gasteiger partial charge in [-0.15, -0.1) is 0 Å². The van der Waals surface area contributed by atoms with E-state index in [0.717, 1.165) is 37.2 Å². The molecule has 0 amide bonds. The molecule has 2 N–H and O–H groups in total. The van der Waals surface area contributed by atoms with E-state index in [0.29, 0.717) is 23.3 Å². The number of nitrogens with zero attached hydrogens (tertiary/aromatic N) is 2. The molecule has 1 heterocycles. The Labute approximate surface area is 129 Å². The molecular weight excluding hydrogens is 286 g/mol. The van der Waals surface area contributed by atoms with Gasteiger partial charge >= 0.3 is 0 Å². The Hall–Kier alpha value is -1.39. The van der Waals surface area contributed by atoms with E-state index in [4.69, 9.17) is 21.9 Å². The van der Waals surface area contributed by atoms with Gasteiger partial charge in [0.15, 0.2) is 0 Å². The van der Waals surface area contributed by atoms with E-state index in [-0.39, 0.29) is 5.41 Å². The monoisotopic (exact) mass is 305 g/mol. The summed E-state index contributed by atoms with van der Waals surface area (Å²) in [5.41, 5.74) is 6.67. The average Bonchev–Trinajstić information content (AvgIpc) is 2.99. The van der Waals surface area contributed by atoms with Gasteiger partial charge in [0.25, 0.3) is 0 Å². The third-order valence-electron chi connectivity index (χ3n) is 4.62. The minimum absolute atomic E-state index is 0.168.